The van der Waals surface area contributed by atoms with Gasteiger partial charge in [-0.05, 0) is 30.7 Å². The Morgan fingerprint density at radius 2 is 1.89 bits per heavy atom. The summed E-state index contributed by atoms with van der Waals surface area (Å²) in [5.74, 6) is -0.139. The van der Waals surface area contributed by atoms with E-state index in [0.29, 0.717) is 15.2 Å². The third-order valence-electron chi connectivity index (χ3n) is 2.20. The molecule has 0 radical (unpaired) electrons. The number of thiazole rings is 1. The molecule has 0 saturated heterocycles. The number of carbonyl (C=O) groups excluding carboxylic acids is 1. The van der Waals surface area contributed by atoms with Crippen LogP contribution in [0.2, 0.25) is 10.0 Å². The second-order valence-corrected chi connectivity index (χ2v) is 5.64. The molecule has 6 heteroatoms. The molecule has 1 aromatic heterocycles. The standard InChI is InChI=1S/C12H10Cl2N2OS/c1-6-11(18-12(15-6)16-7(2)17)8-3-9(13)5-10(14)4-8/h3-5H,1-2H3,(H,15,16,17). The molecule has 18 heavy (non-hydrogen) atoms. The van der Waals surface area contributed by atoms with Crippen LogP contribution in [0.1, 0.15) is 12.6 Å². The van der Waals surface area contributed by atoms with E-state index in [0.717, 1.165) is 16.1 Å². The first-order valence-corrected chi connectivity index (χ1v) is 6.74. The van der Waals surface area contributed by atoms with Crippen molar-refractivity contribution in [2.24, 2.45) is 0 Å². The lowest BCUT2D eigenvalue weighted by Crippen LogP contribution is -2.04. The van der Waals surface area contributed by atoms with Crippen molar-refractivity contribution < 1.29 is 4.79 Å². The zero-order valence-electron chi connectivity index (χ0n) is 9.75. The van der Waals surface area contributed by atoms with Crippen LogP contribution in [0.3, 0.4) is 0 Å². The van der Waals surface area contributed by atoms with Gasteiger partial charge in [-0.1, -0.05) is 34.5 Å². The molecule has 94 valence electrons. The summed E-state index contributed by atoms with van der Waals surface area (Å²) in [6.07, 6.45) is 0. The molecule has 0 fully saturated rings. The van der Waals surface area contributed by atoms with Crippen LogP contribution in [0, 0.1) is 6.92 Å². The van der Waals surface area contributed by atoms with Crippen LogP contribution in [0.15, 0.2) is 18.2 Å². The maximum absolute atomic E-state index is 11.0. The van der Waals surface area contributed by atoms with Crippen molar-refractivity contribution in [3.63, 3.8) is 0 Å². The SMILES string of the molecule is CC(=O)Nc1nc(C)c(-c2cc(Cl)cc(Cl)c2)s1. The number of nitrogens with zero attached hydrogens (tertiary/aromatic N) is 1. The van der Waals surface area contributed by atoms with Gasteiger partial charge in [0.1, 0.15) is 0 Å². The Morgan fingerprint density at radius 3 is 2.44 bits per heavy atom. The van der Waals surface area contributed by atoms with Crippen molar-refractivity contribution in [3.05, 3.63) is 33.9 Å². The highest BCUT2D eigenvalue weighted by molar-refractivity contribution is 7.19. The minimum atomic E-state index is -0.139. The Kier molecular flexibility index (Phi) is 3.90. The fraction of sp³-hybridized carbons (Fsp3) is 0.167. The van der Waals surface area contributed by atoms with Gasteiger partial charge in [0.2, 0.25) is 5.91 Å². The molecule has 2 aromatic rings. The number of rotatable bonds is 2. The van der Waals surface area contributed by atoms with Crippen molar-refractivity contribution in [2.75, 3.05) is 5.32 Å². The van der Waals surface area contributed by atoms with Gasteiger partial charge < -0.3 is 5.32 Å². The summed E-state index contributed by atoms with van der Waals surface area (Å²) in [5.41, 5.74) is 1.74. The highest BCUT2D eigenvalue weighted by Gasteiger charge is 2.11. The summed E-state index contributed by atoms with van der Waals surface area (Å²) in [6.45, 7) is 3.33. The smallest absolute Gasteiger partial charge is 0.223 e. The maximum atomic E-state index is 11.0. The molecule has 2 rings (SSSR count). The van der Waals surface area contributed by atoms with Crippen LogP contribution in [0.4, 0.5) is 5.13 Å². The Hall–Kier alpha value is -1.10. The van der Waals surface area contributed by atoms with Crippen molar-refractivity contribution in [1.82, 2.24) is 4.98 Å². The van der Waals surface area contributed by atoms with E-state index >= 15 is 0 Å². The highest BCUT2D eigenvalue weighted by atomic mass is 35.5. The minimum absolute atomic E-state index is 0.139. The van der Waals surface area contributed by atoms with E-state index in [4.69, 9.17) is 23.2 Å². The van der Waals surface area contributed by atoms with E-state index in [2.05, 4.69) is 10.3 Å². The molecule has 0 unspecified atom stereocenters. The molecule has 0 aliphatic rings. The number of benzene rings is 1. The number of hydrogen-bond acceptors (Lipinski definition) is 3. The third kappa shape index (κ3) is 3.02. The number of hydrogen-bond donors (Lipinski definition) is 1. The minimum Gasteiger partial charge on any atom is -0.302 e. The van der Waals surface area contributed by atoms with Gasteiger partial charge in [0.05, 0.1) is 10.6 Å². The van der Waals surface area contributed by atoms with Gasteiger partial charge in [-0.15, -0.1) is 0 Å². The average molecular weight is 301 g/mol. The summed E-state index contributed by atoms with van der Waals surface area (Å²) >= 11 is 13.3. The van der Waals surface area contributed by atoms with Crippen molar-refractivity contribution in [1.29, 1.82) is 0 Å². The first-order valence-electron chi connectivity index (χ1n) is 5.17. The Balaban J connectivity index is 2.44. The van der Waals surface area contributed by atoms with Crippen molar-refractivity contribution in [2.45, 2.75) is 13.8 Å². The van der Waals surface area contributed by atoms with Crippen LogP contribution in [0.5, 0.6) is 0 Å². The lowest BCUT2D eigenvalue weighted by atomic mass is 10.2. The third-order valence-corrected chi connectivity index (χ3v) is 3.76. The number of aromatic nitrogens is 1. The van der Waals surface area contributed by atoms with Gasteiger partial charge in [-0.2, -0.15) is 0 Å². The Labute approximate surface area is 119 Å². The van der Waals surface area contributed by atoms with E-state index in [-0.39, 0.29) is 5.91 Å². The molecule has 0 bridgehead atoms. The maximum Gasteiger partial charge on any atom is 0.223 e. The summed E-state index contributed by atoms with van der Waals surface area (Å²) in [5, 5.41) is 4.39. The van der Waals surface area contributed by atoms with Gasteiger partial charge >= 0.3 is 0 Å². The fourth-order valence-corrected chi connectivity index (χ4v) is 3.08. The Morgan fingerprint density at radius 1 is 1.28 bits per heavy atom. The van der Waals surface area contributed by atoms with Crippen LogP contribution < -0.4 is 5.32 Å². The highest BCUT2D eigenvalue weighted by Crippen LogP contribution is 2.35. The molecule has 0 spiro atoms. The lowest BCUT2D eigenvalue weighted by molar-refractivity contribution is -0.114. The second-order valence-electron chi connectivity index (χ2n) is 3.77. The molecule has 0 aliphatic heterocycles. The van der Waals surface area contributed by atoms with Crippen LogP contribution in [-0.2, 0) is 4.79 Å². The van der Waals surface area contributed by atoms with Gasteiger partial charge in [-0.25, -0.2) is 4.98 Å². The first kappa shape index (κ1) is 13.3. The first-order chi connectivity index (χ1) is 8.45. The van der Waals surface area contributed by atoms with Crippen molar-refractivity contribution in [3.8, 4) is 10.4 Å². The summed E-state index contributed by atoms with van der Waals surface area (Å²) in [6, 6.07) is 5.33. The predicted octanol–water partition coefficient (Wildman–Crippen LogP) is 4.38. The van der Waals surface area contributed by atoms with Crippen molar-refractivity contribution >= 4 is 45.6 Å². The summed E-state index contributed by atoms with van der Waals surface area (Å²) in [7, 11) is 0. The molecular formula is C12H10Cl2N2OS. The van der Waals surface area contributed by atoms with Crippen LogP contribution in [-0.4, -0.2) is 10.9 Å². The number of amides is 1. The normalized spacial score (nSPS) is 10.4. The second kappa shape index (κ2) is 5.26. The molecule has 1 N–H and O–H groups in total. The molecule has 1 aromatic carbocycles. The zero-order chi connectivity index (χ0) is 13.3. The average Bonchev–Trinajstić information content (AvgIpc) is 2.56. The predicted molar refractivity (Wildman–Crippen MR) is 76.6 cm³/mol. The lowest BCUT2D eigenvalue weighted by Gasteiger charge is -2.00. The molecule has 3 nitrogen and oxygen atoms in total. The quantitative estimate of drug-likeness (QED) is 0.894. The molecule has 0 atom stereocenters. The summed E-state index contributed by atoms with van der Waals surface area (Å²) in [4.78, 5) is 16.2. The molecule has 0 aliphatic carbocycles. The van der Waals surface area contributed by atoms with Gasteiger partial charge in [0.15, 0.2) is 5.13 Å². The van der Waals surface area contributed by atoms with E-state index in [1.165, 1.54) is 18.3 Å². The van der Waals surface area contributed by atoms with Gasteiger partial charge in [-0.3, -0.25) is 4.79 Å². The molecule has 0 saturated carbocycles. The van der Waals surface area contributed by atoms with Crippen LogP contribution in [0.25, 0.3) is 10.4 Å². The van der Waals surface area contributed by atoms with Crippen LogP contribution >= 0.6 is 34.5 Å². The largest absolute Gasteiger partial charge is 0.302 e. The van der Waals surface area contributed by atoms with E-state index in [1.807, 2.05) is 19.1 Å². The van der Waals surface area contributed by atoms with E-state index in [1.54, 1.807) is 6.07 Å². The van der Waals surface area contributed by atoms with Gasteiger partial charge in [0.25, 0.3) is 0 Å². The molecule has 1 amide bonds. The Bertz CT molecular complexity index is 590. The fourth-order valence-electron chi connectivity index (χ4n) is 1.55. The number of halogens is 2. The number of anilines is 1. The zero-order valence-corrected chi connectivity index (χ0v) is 12.1. The number of carbonyl (C=O) groups is 1. The van der Waals surface area contributed by atoms with E-state index < -0.39 is 0 Å². The summed E-state index contributed by atoms with van der Waals surface area (Å²) < 4.78 is 0. The molecule has 1 heterocycles. The number of nitrogens with one attached hydrogen (secondary N) is 1. The number of aryl methyl sites for hydroxylation is 1. The monoisotopic (exact) mass is 300 g/mol. The van der Waals surface area contributed by atoms with Gasteiger partial charge in [0, 0.05) is 17.0 Å². The topological polar surface area (TPSA) is 42.0 Å². The van der Waals surface area contributed by atoms with E-state index in [9.17, 15) is 4.79 Å². The molecular weight excluding hydrogens is 291 g/mol.